The van der Waals surface area contributed by atoms with E-state index in [9.17, 15) is 0 Å². The van der Waals surface area contributed by atoms with Gasteiger partial charge in [-0.15, -0.1) is 0 Å². The molecule has 0 radical (unpaired) electrons. The number of aromatic amines is 1. The van der Waals surface area contributed by atoms with E-state index in [2.05, 4.69) is 9.97 Å². The summed E-state index contributed by atoms with van der Waals surface area (Å²) in [7, 11) is 1.59. The Labute approximate surface area is 97.9 Å². The first-order valence-corrected chi connectivity index (χ1v) is 4.83. The first kappa shape index (κ1) is 10.7. The second-order valence-corrected chi connectivity index (χ2v) is 3.26. The fourth-order valence-corrected chi connectivity index (χ4v) is 1.42. The van der Waals surface area contributed by atoms with Gasteiger partial charge in [0, 0.05) is 5.56 Å². The topological polar surface area (TPSA) is 85.5 Å². The third-order valence-electron chi connectivity index (χ3n) is 2.28. The zero-order valence-corrected chi connectivity index (χ0v) is 9.06. The third-order valence-corrected chi connectivity index (χ3v) is 2.28. The minimum Gasteiger partial charge on any atom is -0.497 e. The molecule has 0 spiro atoms. The largest absolute Gasteiger partial charge is 0.497 e. The fourth-order valence-electron chi connectivity index (χ4n) is 1.42. The summed E-state index contributed by atoms with van der Waals surface area (Å²) in [6, 6.07) is 10.9. The Kier molecular flexibility index (Phi) is 2.76. The van der Waals surface area contributed by atoms with Crippen molar-refractivity contribution in [3.8, 4) is 29.3 Å². The zero-order chi connectivity index (χ0) is 12.3. The molecule has 0 saturated carbocycles. The predicted octanol–water partition coefficient (Wildman–Crippen LogP) is 1.83. The van der Waals surface area contributed by atoms with Gasteiger partial charge in [0.05, 0.1) is 7.11 Å². The second-order valence-electron chi connectivity index (χ2n) is 3.26. The van der Waals surface area contributed by atoms with E-state index in [0.717, 1.165) is 11.3 Å². The van der Waals surface area contributed by atoms with Crippen LogP contribution in [0.2, 0.25) is 0 Å². The van der Waals surface area contributed by atoms with E-state index >= 15 is 0 Å². The van der Waals surface area contributed by atoms with Crippen molar-refractivity contribution in [3.63, 3.8) is 0 Å². The average molecular weight is 224 g/mol. The zero-order valence-electron chi connectivity index (χ0n) is 9.06. The highest BCUT2D eigenvalue weighted by Gasteiger charge is 2.10. The summed E-state index contributed by atoms with van der Waals surface area (Å²) < 4.78 is 5.04. The van der Waals surface area contributed by atoms with Gasteiger partial charge >= 0.3 is 0 Å². The van der Waals surface area contributed by atoms with E-state index < -0.39 is 0 Å². The molecule has 0 aliphatic carbocycles. The van der Waals surface area contributed by atoms with Gasteiger partial charge in [-0.25, -0.2) is 4.98 Å². The van der Waals surface area contributed by atoms with Crippen LogP contribution in [-0.2, 0) is 0 Å². The number of rotatable bonds is 2. The average Bonchev–Trinajstić information content (AvgIpc) is 2.82. The maximum Gasteiger partial charge on any atom is 0.177 e. The maximum absolute atomic E-state index is 8.80. The maximum atomic E-state index is 8.80. The van der Waals surface area contributed by atoms with Gasteiger partial charge in [-0.1, -0.05) is 0 Å². The number of imidazole rings is 1. The molecular formula is C12H8N4O. The lowest BCUT2D eigenvalue weighted by atomic mass is 10.2. The Bertz CT molecular complexity index is 582. The van der Waals surface area contributed by atoms with Crippen molar-refractivity contribution >= 4 is 0 Å². The van der Waals surface area contributed by atoms with Crippen molar-refractivity contribution in [3.05, 3.63) is 35.7 Å². The van der Waals surface area contributed by atoms with Crippen LogP contribution in [0.3, 0.4) is 0 Å². The number of nitrogens with one attached hydrogen (secondary N) is 1. The van der Waals surface area contributed by atoms with Gasteiger partial charge in [-0.05, 0) is 24.3 Å². The second kappa shape index (κ2) is 4.38. The molecule has 0 atom stereocenters. The van der Waals surface area contributed by atoms with E-state index in [1.807, 2.05) is 12.1 Å². The molecule has 0 aliphatic rings. The smallest absolute Gasteiger partial charge is 0.177 e. The normalized spacial score (nSPS) is 9.35. The molecule has 0 fully saturated rings. The Morgan fingerprint density at radius 1 is 1.18 bits per heavy atom. The van der Waals surface area contributed by atoms with Crippen LogP contribution >= 0.6 is 0 Å². The molecular weight excluding hydrogens is 216 g/mol. The molecule has 0 aliphatic heterocycles. The minimum atomic E-state index is 0.110. The molecule has 2 rings (SSSR count). The minimum absolute atomic E-state index is 0.110. The number of hydrogen-bond donors (Lipinski definition) is 1. The van der Waals surface area contributed by atoms with Crippen molar-refractivity contribution in [2.24, 2.45) is 0 Å². The molecule has 1 N–H and O–H groups in total. The van der Waals surface area contributed by atoms with Crippen LogP contribution in [-0.4, -0.2) is 17.1 Å². The first-order valence-electron chi connectivity index (χ1n) is 4.83. The molecule has 2 aromatic rings. The van der Waals surface area contributed by atoms with Crippen LogP contribution < -0.4 is 4.74 Å². The number of ether oxygens (including phenoxy) is 1. The predicted molar refractivity (Wildman–Crippen MR) is 60.0 cm³/mol. The summed E-state index contributed by atoms with van der Waals surface area (Å²) in [4.78, 5) is 6.85. The Morgan fingerprint density at radius 3 is 2.35 bits per heavy atom. The molecule has 1 aromatic heterocycles. The monoisotopic (exact) mass is 224 g/mol. The summed E-state index contributed by atoms with van der Waals surface area (Å²) in [6.45, 7) is 0. The van der Waals surface area contributed by atoms with E-state index in [1.165, 1.54) is 0 Å². The number of nitrogens with zero attached hydrogens (tertiary/aromatic N) is 3. The highest BCUT2D eigenvalue weighted by Crippen LogP contribution is 2.20. The van der Waals surface area contributed by atoms with Gasteiger partial charge in [-0.2, -0.15) is 10.5 Å². The molecule has 0 unspecified atom stereocenters. The number of methoxy groups -OCH3 is 1. The van der Waals surface area contributed by atoms with E-state index in [-0.39, 0.29) is 11.4 Å². The lowest BCUT2D eigenvalue weighted by Crippen LogP contribution is -1.84. The van der Waals surface area contributed by atoms with Crippen molar-refractivity contribution < 1.29 is 4.74 Å². The highest BCUT2D eigenvalue weighted by molar-refractivity contribution is 5.59. The number of benzene rings is 1. The quantitative estimate of drug-likeness (QED) is 0.843. The van der Waals surface area contributed by atoms with E-state index in [1.54, 1.807) is 31.4 Å². The summed E-state index contributed by atoms with van der Waals surface area (Å²) >= 11 is 0. The van der Waals surface area contributed by atoms with Crippen molar-refractivity contribution in [2.75, 3.05) is 7.11 Å². The van der Waals surface area contributed by atoms with E-state index in [4.69, 9.17) is 15.3 Å². The molecule has 17 heavy (non-hydrogen) atoms. The molecule has 82 valence electrons. The van der Waals surface area contributed by atoms with Crippen LogP contribution in [0.1, 0.15) is 11.4 Å². The Balaban J connectivity index is 2.43. The molecule has 1 heterocycles. The van der Waals surface area contributed by atoms with Gasteiger partial charge in [0.25, 0.3) is 0 Å². The molecule has 1 aromatic carbocycles. The molecule has 0 saturated heterocycles. The standard InChI is InChI=1S/C12H8N4O/c1-17-9-4-2-8(3-5-9)12-15-10(6-13)11(7-14)16-12/h2-5H,1H3,(H,15,16). The van der Waals surface area contributed by atoms with Crippen LogP contribution in [0.25, 0.3) is 11.4 Å². The molecule has 0 bridgehead atoms. The van der Waals surface area contributed by atoms with E-state index in [0.29, 0.717) is 5.82 Å². The molecule has 5 heteroatoms. The van der Waals surface area contributed by atoms with Crippen LogP contribution in [0.15, 0.2) is 24.3 Å². The van der Waals surface area contributed by atoms with Crippen molar-refractivity contribution in [1.82, 2.24) is 9.97 Å². The summed E-state index contributed by atoms with van der Waals surface area (Å²) in [6.07, 6.45) is 0. The SMILES string of the molecule is COc1ccc(-c2nc(C#N)c(C#N)[nH]2)cc1. The lowest BCUT2D eigenvalue weighted by Gasteiger charge is -2.00. The van der Waals surface area contributed by atoms with Gasteiger partial charge in [0.15, 0.2) is 11.4 Å². The fraction of sp³-hybridized carbons (Fsp3) is 0.0833. The highest BCUT2D eigenvalue weighted by atomic mass is 16.5. The number of aromatic nitrogens is 2. The summed E-state index contributed by atoms with van der Waals surface area (Å²) in [5.41, 5.74) is 1.08. The van der Waals surface area contributed by atoms with Gasteiger partial charge < -0.3 is 9.72 Å². The van der Waals surface area contributed by atoms with Crippen LogP contribution in [0.4, 0.5) is 0 Å². The number of hydrogen-bond acceptors (Lipinski definition) is 4. The van der Waals surface area contributed by atoms with Gasteiger partial charge in [-0.3, -0.25) is 0 Å². The van der Waals surface area contributed by atoms with Gasteiger partial charge in [0.1, 0.15) is 23.7 Å². The Morgan fingerprint density at radius 2 is 1.88 bits per heavy atom. The van der Waals surface area contributed by atoms with Crippen molar-refractivity contribution in [2.45, 2.75) is 0 Å². The van der Waals surface area contributed by atoms with Crippen LogP contribution in [0.5, 0.6) is 5.75 Å². The molecule has 0 amide bonds. The number of H-pyrrole nitrogens is 1. The van der Waals surface area contributed by atoms with Crippen LogP contribution in [0, 0.1) is 22.7 Å². The Hall–Kier alpha value is -2.79. The van der Waals surface area contributed by atoms with Gasteiger partial charge in [0.2, 0.25) is 0 Å². The third kappa shape index (κ3) is 1.95. The first-order chi connectivity index (χ1) is 8.28. The lowest BCUT2D eigenvalue weighted by molar-refractivity contribution is 0.415. The number of nitriles is 2. The summed E-state index contributed by atoms with van der Waals surface area (Å²) in [5.74, 6) is 1.24. The molecule has 5 nitrogen and oxygen atoms in total. The summed E-state index contributed by atoms with van der Waals surface area (Å²) in [5, 5.41) is 17.6. The van der Waals surface area contributed by atoms with Crippen molar-refractivity contribution in [1.29, 1.82) is 10.5 Å².